The van der Waals surface area contributed by atoms with Crippen LogP contribution in [0.1, 0.15) is 12.8 Å². The standard InChI is InChI=1S/C4H4F2IN/c5-4(6,7)2-1-3-8/h1-2H2. The van der Waals surface area contributed by atoms with E-state index in [1.807, 2.05) is 0 Å². The maximum absolute atomic E-state index is 11.7. The Morgan fingerprint density at radius 1 is 1.62 bits per heavy atom. The maximum atomic E-state index is 11.7. The largest absolute Gasteiger partial charge is 0.297 e. The van der Waals surface area contributed by atoms with Gasteiger partial charge in [0.1, 0.15) is 0 Å². The minimum absolute atomic E-state index is 0.0735. The molecule has 0 unspecified atom stereocenters. The summed E-state index contributed by atoms with van der Waals surface area (Å²) in [4.78, 5) is 0. The molecule has 0 aliphatic rings. The minimum atomic E-state index is -2.70. The van der Waals surface area contributed by atoms with Crippen LogP contribution < -0.4 is 0 Å². The Morgan fingerprint density at radius 2 is 2.12 bits per heavy atom. The molecule has 4 heteroatoms. The van der Waals surface area contributed by atoms with Crippen molar-refractivity contribution in [1.29, 1.82) is 5.26 Å². The molecule has 0 rings (SSSR count). The van der Waals surface area contributed by atoms with E-state index in [9.17, 15) is 8.78 Å². The van der Waals surface area contributed by atoms with Crippen molar-refractivity contribution in [3.8, 4) is 6.07 Å². The highest BCUT2D eigenvalue weighted by atomic mass is 127. The Hall–Kier alpha value is 0.0800. The second-order valence-corrected chi connectivity index (χ2v) is 2.85. The van der Waals surface area contributed by atoms with E-state index in [0.29, 0.717) is 0 Å². The van der Waals surface area contributed by atoms with Crippen molar-refractivity contribution >= 4 is 22.6 Å². The first-order chi connectivity index (χ1) is 3.56. The molecule has 0 aliphatic heterocycles. The van der Waals surface area contributed by atoms with Gasteiger partial charge in [0, 0.05) is 12.8 Å². The van der Waals surface area contributed by atoms with Crippen LogP contribution in [0.2, 0.25) is 0 Å². The third-order valence-electron chi connectivity index (χ3n) is 0.520. The number of rotatable bonds is 2. The third kappa shape index (κ3) is 6.08. The highest BCUT2D eigenvalue weighted by Gasteiger charge is 2.21. The van der Waals surface area contributed by atoms with Gasteiger partial charge in [0.05, 0.1) is 6.07 Å². The van der Waals surface area contributed by atoms with Crippen LogP contribution in [-0.4, -0.2) is 3.93 Å². The van der Waals surface area contributed by atoms with E-state index in [2.05, 4.69) is 0 Å². The molecule has 0 saturated heterocycles. The Morgan fingerprint density at radius 3 is 2.25 bits per heavy atom. The van der Waals surface area contributed by atoms with E-state index in [1.54, 1.807) is 6.07 Å². The van der Waals surface area contributed by atoms with Crippen molar-refractivity contribution < 1.29 is 8.78 Å². The fourth-order valence-electron chi connectivity index (χ4n) is 0.198. The Bertz CT molecular complexity index is 102. The van der Waals surface area contributed by atoms with Gasteiger partial charge in [-0.2, -0.15) is 14.0 Å². The summed E-state index contributed by atoms with van der Waals surface area (Å²) in [6, 6.07) is 1.64. The molecule has 0 N–H and O–H groups in total. The molecule has 0 heterocycles. The lowest BCUT2D eigenvalue weighted by Crippen LogP contribution is -2.02. The summed E-state index contributed by atoms with van der Waals surface area (Å²) < 4.78 is 20.8. The molecular weight excluding hydrogens is 227 g/mol. The zero-order valence-corrected chi connectivity index (χ0v) is 6.15. The van der Waals surface area contributed by atoms with Gasteiger partial charge in [0.25, 0.3) is 3.93 Å². The molecule has 0 saturated carbocycles. The molecule has 0 spiro atoms. The number of nitriles is 1. The summed E-state index contributed by atoms with van der Waals surface area (Å²) in [5.74, 6) is 0. The lowest BCUT2D eigenvalue weighted by molar-refractivity contribution is 0.118. The molecule has 0 aliphatic carbocycles. The molecule has 0 aromatic carbocycles. The first-order valence-electron chi connectivity index (χ1n) is 2.00. The first kappa shape index (κ1) is 8.08. The predicted molar refractivity (Wildman–Crippen MR) is 33.8 cm³/mol. The Kier molecular flexibility index (Phi) is 3.21. The Labute approximate surface area is 59.8 Å². The molecular formula is C4H4F2IN. The number of hydrogen-bond acceptors (Lipinski definition) is 1. The van der Waals surface area contributed by atoms with Gasteiger partial charge in [-0.05, 0) is 22.6 Å². The zero-order valence-electron chi connectivity index (χ0n) is 4.00. The zero-order chi connectivity index (χ0) is 6.62. The van der Waals surface area contributed by atoms with Gasteiger partial charge >= 0.3 is 0 Å². The number of nitrogens with zero attached hydrogens (tertiary/aromatic N) is 1. The van der Waals surface area contributed by atoms with Gasteiger partial charge in [-0.1, -0.05) is 0 Å². The molecule has 8 heavy (non-hydrogen) atoms. The molecule has 46 valence electrons. The van der Waals surface area contributed by atoms with E-state index in [0.717, 1.165) is 22.6 Å². The molecule has 0 fully saturated rings. The Balaban J connectivity index is 3.28. The second-order valence-electron chi connectivity index (χ2n) is 1.27. The highest BCUT2D eigenvalue weighted by Crippen LogP contribution is 2.27. The maximum Gasteiger partial charge on any atom is 0.297 e. The topological polar surface area (TPSA) is 23.8 Å². The van der Waals surface area contributed by atoms with Crippen molar-refractivity contribution in [3.63, 3.8) is 0 Å². The van der Waals surface area contributed by atoms with Crippen molar-refractivity contribution in [2.45, 2.75) is 16.8 Å². The van der Waals surface area contributed by atoms with Crippen molar-refractivity contribution in [3.05, 3.63) is 0 Å². The van der Waals surface area contributed by atoms with Crippen LogP contribution in [0.5, 0.6) is 0 Å². The monoisotopic (exact) mass is 231 g/mol. The summed E-state index contributed by atoms with van der Waals surface area (Å²) in [6.07, 6.45) is -0.417. The smallest absolute Gasteiger partial charge is 0.198 e. The summed E-state index contributed by atoms with van der Waals surface area (Å²) in [5.41, 5.74) is 0. The molecule has 0 aromatic rings. The molecule has 0 bridgehead atoms. The van der Waals surface area contributed by atoms with Crippen LogP contribution >= 0.6 is 22.6 Å². The van der Waals surface area contributed by atoms with Crippen molar-refractivity contribution in [2.24, 2.45) is 0 Å². The predicted octanol–water partition coefficient (Wildman–Crippen LogP) is 2.32. The highest BCUT2D eigenvalue weighted by molar-refractivity contribution is 14.1. The average Bonchev–Trinajstić information content (AvgIpc) is 1.59. The van der Waals surface area contributed by atoms with Crippen LogP contribution in [0.4, 0.5) is 8.78 Å². The van der Waals surface area contributed by atoms with Gasteiger partial charge < -0.3 is 0 Å². The third-order valence-corrected chi connectivity index (χ3v) is 1.06. The lowest BCUT2D eigenvalue weighted by Gasteiger charge is -2.01. The van der Waals surface area contributed by atoms with Crippen LogP contribution in [-0.2, 0) is 0 Å². The van der Waals surface area contributed by atoms with E-state index in [-0.39, 0.29) is 12.8 Å². The SMILES string of the molecule is N#CCCC(F)(F)I. The summed E-state index contributed by atoms with van der Waals surface area (Å²) >= 11 is 1.02. The summed E-state index contributed by atoms with van der Waals surface area (Å²) in [7, 11) is 0. The van der Waals surface area contributed by atoms with Crippen LogP contribution in [0.3, 0.4) is 0 Å². The number of halogens is 3. The summed E-state index contributed by atoms with van der Waals surface area (Å²) in [6.45, 7) is 0. The second kappa shape index (κ2) is 3.17. The van der Waals surface area contributed by atoms with Crippen LogP contribution in [0, 0.1) is 11.3 Å². The summed E-state index contributed by atoms with van der Waals surface area (Å²) in [5, 5.41) is 7.84. The van der Waals surface area contributed by atoms with Gasteiger partial charge in [-0.15, -0.1) is 0 Å². The minimum Gasteiger partial charge on any atom is -0.198 e. The van der Waals surface area contributed by atoms with Crippen molar-refractivity contribution in [2.75, 3.05) is 0 Å². The first-order valence-corrected chi connectivity index (χ1v) is 3.08. The van der Waals surface area contributed by atoms with E-state index in [1.165, 1.54) is 0 Å². The average molecular weight is 231 g/mol. The molecule has 1 nitrogen and oxygen atoms in total. The van der Waals surface area contributed by atoms with Gasteiger partial charge in [-0.3, -0.25) is 0 Å². The van der Waals surface area contributed by atoms with Gasteiger partial charge in [-0.25, -0.2) is 0 Å². The fraction of sp³-hybridized carbons (Fsp3) is 0.750. The molecule has 0 radical (unpaired) electrons. The van der Waals surface area contributed by atoms with Crippen LogP contribution in [0.15, 0.2) is 0 Å². The van der Waals surface area contributed by atoms with E-state index in [4.69, 9.17) is 5.26 Å². The lowest BCUT2D eigenvalue weighted by atomic mass is 10.3. The van der Waals surface area contributed by atoms with E-state index < -0.39 is 3.93 Å². The molecule has 0 aromatic heterocycles. The van der Waals surface area contributed by atoms with Gasteiger partial charge in [0.2, 0.25) is 0 Å². The van der Waals surface area contributed by atoms with Crippen LogP contribution in [0.25, 0.3) is 0 Å². The normalized spacial score (nSPS) is 10.8. The quantitative estimate of drug-likeness (QED) is 0.528. The van der Waals surface area contributed by atoms with Gasteiger partial charge in [0.15, 0.2) is 0 Å². The molecule has 0 amide bonds. The number of alkyl halides is 3. The van der Waals surface area contributed by atoms with E-state index >= 15 is 0 Å². The van der Waals surface area contributed by atoms with Crippen molar-refractivity contribution in [1.82, 2.24) is 0 Å². The number of hydrogen-bond donors (Lipinski definition) is 0. The molecule has 0 atom stereocenters. The fourth-order valence-corrected chi connectivity index (χ4v) is 0.467.